The first-order valence-electron chi connectivity index (χ1n) is 16.2. The van der Waals surface area contributed by atoms with Crippen molar-refractivity contribution in [2.75, 3.05) is 10.6 Å². The first-order chi connectivity index (χ1) is 23.1. The molecule has 2 saturated heterocycles. The Hall–Kier alpha value is -5.40. The minimum atomic E-state index is -0.755. The topological polar surface area (TPSA) is 191 Å². The van der Waals surface area contributed by atoms with Gasteiger partial charge in [0.25, 0.3) is 11.8 Å². The Balaban J connectivity index is 0.952. The van der Waals surface area contributed by atoms with Gasteiger partial charge in [-0.15, -0.1) is 0 Å². The minimum Gasteiger partial charge on any atom is -0.326 e. The molecule has 4 N–H and O–H groups in total. The van der Waals surface area contributed by atoms with Crippen LogP contribution in [0.4, 0.5) is 11.4 Å². The summed E-state index contributed by atoms with van der Waals surface area (Å²) in [6.07, 6.45) is 2.71. The molecule has 4 heterocycles. The van der Waals surface area contributed by atoms with Gasteiger partial charge < -0.3 is 20.4 Å². The number of nitrogens with zero attached hydrogens (tertiary/aromatic N) is 2. The molecule has 14 nitrogen and oxygen atoms in total. The van der Waals surface area contributed by atoms with Crippen molar-refractivity contribution in [1.29, 1.82) is 0 Å². The Morgan fingerprint density at radius 2 is 0.979 bits per heavy atom. The summed E-state index contributed by atoms with van der Waals surface area (Å²) < 4.78 is 0. The molecule has 7 rings (SSSR count). The minimum absolute atomic E-state index is 0.143. The number of hydrogen-bond donors (Lipinski definition) is 4. The van der Waals surface area contributed by atoms with E-state index in [-0.39, 0.29) is 86.1 Å². The van der Waals surface area contributed by atoms with Gasteiger partial charge in [-0.05, 0) is 62.8 Å². The molecule has 4 aliphatic heterocycles. The van der Waals surface area contributed by atoms with Gasteiger partial charge in [0.15, 0.2) is 0 Å². The molecular formula is C34H34N6O8. The van der Waals surface area contributed by atoms with E-state index in [1.165, 1.54) is 9.80 Å². The van der Waals surface area contributed by atoms with Crippen molar-refractivity contribution in [3.63, 3.8) is 0 Å². The van der Waals surface area contributed by atoms with Crippen LogP contribution in [0.25, 0.3) is 0 Å². The number of nitrogens with one attached hydrogen (secondary N) is 4. The third-order valence-corrected chi connectivity index (χ3v) is 10.1. The number of carbonyl (C=O) groups excluding carboxylic acids is 8. The van der Waals surface area contributed by atoms with Crippen molar-refractivity contribution >= 4 is 58.6 Å². The van der Waals surface area contributed by atoms with E-state index < -0.39 is 23.9 Å². The standard InChI is InChI=1S/C34H34N6O8/c41-27-13-11-25(31(45)37-27)39-15-21-19(33(39)47)3-1-5-23(21)35-29(43)17-7-9-18(10-8-17)30(44)36-24-6-2-4-20-22(24)16-40(34(20)48)26-12-14-28(42)38-32(26)46/h1-6,17-18,25-26H,7-16H2,(H,35,43)(H,36,44)(H,37,41,45)(H,38,42,46)/t17-,18-,25?,26?. The van der Waals surface area contributed by atoms with E-state index in [0.717, 1.165) is 0 Å². The largest absolute Gasteiger partial charge is 0.326 e. The molecule has 0 radical (unpaired) electrons. The molecule has 2 aromatic rings. The van der Waals surface area contributed by atoms with Crippen molar-refractivity contribution in [3.8, 4) is 0 Å². The predicted octanol–water partition coefficient (Wildman–Crippen LogP) is 1.59. The maximum Gasteiger partial charge on any atom is 0.255 e. The van der Waals surface area contributed by atoms with Crippen LogP contribution < -0.4 is 21.3 Å². The molecule has 0 bridgehead atoms. The summed E-state index contributed by atoms with van der Waals surface area (Å²) in [5.41, 5.74) is 3.07. The number of benzene rings is 2. The lowest BCUT2D eigenvalue weighted by atomic mass is 9.81. The number of hydrogen-bond acceptors (Lipinski definition) is 8. The highest BCUT2D eigenvalue weighted by molar-refractivity contribution is 6.08. The third kappa shape index (κ3) is 5.60. The second-order valence-electron chi connectivity index (χ2n) is 13.0. The summed E-state index contributed by atoms with van der Waals surface area (Å²) >= 11 is 0. The fraction of sp³-hybridized carbons (Fsp3) is 0.412. The average molecular weight is 655 g/mol. The Morgan fingerprint density at radius 3 is 1.35 bits per heavy atom. The summed E-state index contributed by atoms with van der Waals surface area (Å²) in [6, 6.07) is 8.62. The van der Waals surface area contributed by atoms with Gasteiger partial charge in [-0.2, -0.15) is 0 Å². The number of imide groups is 2. The van der Waals surface area contributed by atoms with Crippen LogP contribution in [0.3, 0.4) is 0 Å². The number of carbonyl (C=O) groups is 8. The van der Waals surface area contributed by atoms with E-state index in [2.05, 4.69) is 21.3 Å². The molecule has 1 saturated carbocycles. The monoisotopic (exact) mass is 654 g/mol. The van der Waals surface area contributed by atoms with Crippen LogP contribution in [0.15, 0.2) is 36.4 Å². The van der Waals surface area contributed by atoms with Crippen LogP contribution in [0.2, 0.25) is 0 Å². The zero-order valence-corrected chi connectivity index (χ0v) is 26.0. The SMILES string of the molecule is O=C1CCC(N2Cc3c(NC(=O)[C@H]4CC[C@H](C(=O)Nc5cccc6c5CN(C5CCC(=O)NC5=O)C6=O)CC4)cccc3C2=O)C(=O)N1. The molecule has 2 unspecified atom stereocenters. The van der Waals surface area contributed by atoms with E-state index >= 15 is 0 Å². The van der Waals surface area contributed by atoms with Crippen LogP contribution in [-0.2, 0) is 41.9 Å². The van der Waals surface area contributed by atoms with Crippen LogP contribution in [-0.4, -0.2) is 69.1 Å². The van der Waals surface area contributed by atoms with E-state index in [1.807, 2.05) is 0 Å². The molecule has 2 aromatic carbocycles. The van der Waals surface area contributed by atoms with Crippen molar-refractivity contribution < 1.29 is 38.4 Å². The fourth-order valence-corrected chi connectivity index (χ4v) is 7.49. The first kappa shape index (κ1) is 31.2. The van der Waals surface area contributed by atoms with Crippen LogP contribution in [0, 0.1) is 11.8 Å². The van der Waals surface area contributed by atoms with Crippen molar-refractivity contribution in [3.05, 3.63) is 58.7 Å². The zero-order chi connectivity index (χ0) is 33.7. The number of piperidine rings is 2. The molecule has 3 fully saturated rings. The second-order valence-corrected chi connectivity index (χ2v) is 13.0. The summed E-state index contributed by atoms with van der Waals surface area (Å²) in [7, 11) is 0. The molecule has 5 aliphatic rings. The predicted molar refractivity (Wildman–Crippen MR) is 168 cm³/mol. The quantitative estimate of drug-likeness (QED) is 0.338. The normalized spacial score (nSPS) is 25.3. The molecule has 48 heavy (non-hydrogen) atoms. The van der Waals surface area contributed by atoms with Gasteiger partial charge in [0.1, 0.15) is 12.1 Å². The summed E-state index contributed by atoms with van der Waals surface area (Å²) in [5.74, 6) is -3.46. The number of fused-ring (bicyclic) bond motifs is 2. The van der Waals surface area contributed by atoms with Gasteiger partial charge in [0.2, 0.25) is 35.4 Å². The lowest BCUT2D eigenvalue weighted by Gasteiger charge is -2.29. The van der Waals surface area contributed by atoms with E-state index in [0.29, 0.717) is 59.3 Å². The molecule has 2 atom stereocenters. The van der Waals surface area contributed by atoms with Crippen LogP contribution in [0.1, 0.15) is 83.2 Å². The molecular weight excluding hydrogens is 620 g/mol. The van der Waals surface area contributed by atoms with Gasteiger partial charge in [0.05, 0.1) is 0 Å². The molecule has 1 aliphatic carbocycles. The molecule has 8 amide bonds. The Kier molecular flexibility index (Phi) is 8.01. The van der Waals surface area contributed by atoms with Crippen molar-refractivity contribution in [2.45, 2.75) is 76.5 Å². The lowest BCUT2D eigenvalue weighted by molar-refractivity contribution is -0.138. The van der Waals surface area contributed by atoms with E-state index in [1.54, 1.807) is 36.4 Å². The Labute approximate surface area is 274 Å². The summed E-state index contributed by atoms with van der Waals surface area (Å²) in [5, 5.41) is 10.5. The van der Waals surface area contributed by atoms with Gasteiger partial charge in [-0.3, -0.25) is 49.0 Å². The molecule has 0 spiro atoms. The van der Waals surface area contributed by atoms with Crippen LogP contribution in [0.5, 0.6) is 0 Å². The second kappa shape index (κ2) is 12.3. The molecule has 248 valence electrons. The first-order valence-corrected chi connectivity index (χ1v) is 16.2. The summed E-state index contributed by atoms with van der Waals surface area (Å²) in [6.45, 7) is 0.285. The van der Waals surface area contributed by atoms with Crippen LogP contribution >= 0.6 is 0 Å². The van der Waals surface area contributed by atoms with E-state index in [4.69, 9.17) is 0 Å². The molecule has 0 aromatic heterocycles. The zero-order valence-electron chi connectivity index (χ0n) is 26.0. The van der Waals surface area contributed by atoms with Gasteiger partial charge in [-0.25, -0.2) is 0 Å². The maximum atomic E-state index is 13.4. The maximum absolute atomic E-state index is 13.4. The smallest absolute Gasteiger partial charge is 0.255 e. The highest BCUT2D eigenvalue weighted by Gasteiger charge is 2.42. The molecule has 14 heteroatoms. The Morgan fingerprint density at radius 1 is 0.583 bits per heavy atom. The Bertz CT molecular complexity index is 1670. The van der Waals surface area contributed by atoms with Crippen molar-refractivity contribution in [2.24, 2.45) is 11.8 Å². The van der Waals surface area contributed by atoms with Gasteiger partial charge >= 0.3 is 0 Å². The average Bonchev–Trinajstić information content (AvgIpc) is 3.58. The lowest BCUT2D eigenvalue weighted by Crippen LogP contribution is -2.52. The highest BCUT2D eigenvalue weighted by atomic mass is 16.2. The van der Waals surface area contributed by atoms with Crippen molar-refractivity contribution in [1.82, 2.24) is 20.4 Å². The highest BCUT2D eigenvalue weighted by Crippen LogP contribution is 2.36. The number of rotatable bonds is 6. The number of amides is 8. The third-order valence-electron chi connectivity index (χ3n) is 10.1. The van der Waals surface area contributed by atoms with E-state index in [9.17, 15) is 38.4 Å². The fourth-order valence-electron chi connectivity index (χ4n) is 7.49. The summed E-state index contributed by atoms with van der Waals surface area (Å²) in [4.78, 5) is 104. The number of anilines is 2. The van der Waals surface area contributed by atoms with Gasteiger partial charge in [-0.1, -0.05) is 12.1 Å². The van der Waals surface area contributed by atoms with Gasteiger partial charge in [0, 0.05) is 71.4 Å².